The van der Waals surface area contributed by atoms with Crippen molar-refractivity contribution in [2.75, 3.05) is 46.4 Å². The van der Waals surface area contributed by atoms with Crippen molar-refractivity contribution in [3.8, 4) is 0 Å². The first-order valence-electron chi connectivity index (χ1n) is 5.82. The minimum absolute atomic E-state index is 0.333. The largest absolute Gasteiger partial charge is 0.377 e. The zero-order chi connectivity index (χ0) is 11.1. The van der Waals surface area contributed by atoms with Crippen LogP contribution < -0.4 is 5.32 Å². The van der Waals surface area contributed by atoms with Crippen molar-refractivity contribution in [3.05, 3.63) is 0 Å². The van der Waals surface area contributed by atoms with Crippen LogP contribution in [0.2, 0.25) is 0 Å². The molecule has 1 fully saturated rings. The van der Waals surface area contributed by atoms with E-state index in [0.29, 0.717) is 12.2 Å². The van der Waals surface area contributed by atoms with Gasteiger partial charge in [-0.05, 0) is 20.9 Å². The lowest BCUT2D eigenvalue weighted by Crippen LogP contribution is -2.47. The van der Waals surface area contributed by atoms with E-state index in [-0.39, 0.29) is 0 Å². The van der Waals surface area contributed by atoms with Crippen LogP contribution in [-0.4, -0.2) is 63.5 Å². The van der Waals surface area contributed by atoms with E-state index in [4.69, 9.17) is 9.47 Å². The minimum Gasteiger partial charge on any atom is -0.377 e. The third kappa shape index (κ3) is 5.47. The van der Waals surface area contributed by atoms with E-state index in [9.17, 15) is 0 Å². The molecular weight excluding hydrogens is 192 g/mol. The molecule has 1 heterocycles. The highest BCUT2D eigenvalue weighted by atomic mass is 16.5. The fraction of sp³-hybridized carbons (Fsp3) is 1.00. The molecule has 1 saturated heterocycles. The molecule has 0 aromatic carbocycles. The van der Waals surface area contributed by atoms with E-state index < -0.39 is 0 Å². The average Bonchev–Trinajstić information content (AvgIpc) is 2.18. The Kier molecular flexibility index (Phi) is 6.17. The third-order valence-electron chi connectivity index (χ3n) is 2.51. The fourth-order valence-corrected chi connectivity index (χ4v) is 1.75. The summed E-state index contributed by atoms with van der Waals surface area (Å²) in [7, 11) is 1.96. The number of morpholine rings is 1. The molecule has 1 rings (SSSR count). The standard InChI is InChI=1S/C11H24N2O2/c1-10(2)14-6-4-13-5-7-15-11(9-13)8-12-3/h10-12H,4-9H2,1-3H3. The van der Waals surface area contributed by atoms with Gasteiger partial charge in [-0.15, -0.1) is 0 Å². The lowest BCUT2D eigenvalue weighted by molar-refractivity contribution is -0.0378. The van der Waals surface area contributed by atoms with Gasteiger partial charge in [0.2, 0.25) is 0 Å². The van der Waals surface area contributed by atoms with Gasteiger partial charge in [-0.2, -0.15) is 0 Å². The molecule has 15 heavy (non-hydrogen) atoms. The molecule has 1 atom stereocenters. The van der Waals surface area contributed by atoms with Gasteiger partial charge >= 0.3 is 0 Å². The molecule has 4 heteroatoms. The zero-order valence-corrected chi connectivity index (χ0v) is 10.2. The Labute approximate surface area is 92.9 Å². The highest BCUT2D eigenvalue weighted by molar-refractivity contribution is 4.72. The third-order valence-corrected chi connectivity index (χ3v) is 2.51. The molecule has 1 N–H and O–H groups in total. The maximum atomic E-state index is 5.63. The molecule has 0 radical (unpaired) electrons. The number of nitrogens with zero attached hydrogens (tertiary/aromatic N) is 1. The second kappa shape index (κ2) is 7.17. The number of rotatable bonds is 6. The van der Waals surface area contributed by atoms with E-state index in [1.165, 1.54) is 0 Å². The highest BCUT2D eigenvalue weighted by Gasteiger charge is 2.19. The van der Waals surface area contributed by atoms with Gasteiger partial charge in [0.1, 0.15) is 0 Å². The second-order valence-electron chi connectivity index (χ2n) is 4.27. The Balaban J connectivity index is 2.12. The SMILES string of the molecule is CNCC1CN(CCOC(C)C)CCO1. The van der Waals surface area contributed by atoms with Crippen LogP contribution in [0.1, 0.15) is 13.8 Å². The molecule has 4 nitrogen and oxygen atoms in total. The summed E-state index contributed by atoms with van der Waals surface area (Å²) in [4.78, 5) is 2.41. The highest BCUT2D eigenvalue weighted by Crippen LogP contribution is 2.04. The van der Waals surface area contributed by atoms with Crippen LogP contribution >= 0.6 is 0 Å². The quantitative estimate of drug-likeness (QED) is 0.694. The molecule has 1 unspecified atom stereocenters. The van der Waals surface area contributed by atoms with E-state index >= 15 is 0 Å². The van der Waals surface area contributed by atoms with Crippen LogP contribution in [0.25, 0.3) is 0 Å². The van der Waals surface area contributed by atoms with Gasteiger partial charge in [-0.3, -0.25) is 4.90 Å². The summed E-state index contributed by atoms with van der Waals surface area (Å²) in [5.41, 5.74) is 0. The maximum absolute atomic E-state index is 5.63. The number of hydrogen-bond donors (Lipinski definition) is 1. The summed E-state index contributed by atoms with van der Waals surface area (Å²) in [6, 6.07) is 0. The van der Waals surface area contributed by atoms with E-state index in [1.807, 2.05) is 7.05 Å². The Morgan fingerprint density at radius 2 is 2.33 bits per heavy atom. The van der Waals surface area contributed by atoms with E-state index in [2.05, 4.69) is 24.1 Å². The van der Waals surface area contributed by atoms with Gasteiger partial charge in [-0.25, -0.2) is 0 Å². The average molecular weight is 216 g/mol. The number of likely N-dealkylation sites (N-methyl/N-ethyl adjacent to an activating group) is 1. The molecular formula is C11H24N2O2. The van der Waals surface area contributed by atoms with Gasteiger partial charge in [-0.1, -0.05) is 0 Å². The molecule has 1 aliphatic rings. The first-order chi connectivity index (χ1) is 7.22. The topological polar surface area (TPSA) is 33.7 Å². The maximum Gasteiger partial charge on any atom is 0.0826 e. The Hall–Kier alpha value is -0.160. The summed E-state index contributed by atoms with van der Waals surface area (Å²) in [6.07, 6.45) is 0.668. The molecule has 0 saturated carbocycles. The van der Waals surface area contributed by atoms with Crippen LogP contribution in [0.15, 0.2) is 0 Å². The Bertz CT molecular complexity index is 163. The summed E-state index contributed by atoms with van der Waals surface area (Å²) >= 11 is 0. The first kappa shape index (κ1) is 12.9. The van der Waals surface area contributed by atoms with Crippen molar-refractivity contribution in [1.82, 2.24) is 10.2 Å². The molecule has 0 aromatic heterocycles. The second-order valence-corrected chi connectivity index (χ2v) is 4.27. The zero-order valence-electron chi connectivity index (χ0n) is 10.2. The van der Waals surface area contributed by atoms with Gasteiger partial charge < -0.3 is 14.8 Å². The van der Waals surface area contributed by atoms with Crippen molar-refractivity contribution < 1.29 is 9.47 Å². The van der Waals surface area contributed by atoms with Gasteiger partial charge in [0.05, 0.1) is 25.4 Å². The van der Waals surface area contributed by atoms with Gasteiger partial charge in [0.25, 0.3) is 0 Å². The molecule has 0 spiro atoms. The van der Waals surface area contributed by atoms with Crippen LogP contribution in [0.3, 0.4) is 0 Å². The summed E-state index contributed by atoms with van der Waals surface area (Å²) < 4.78 is 11.2. The first-order valence-corrected chi connectivity index (χ1v) is 5.82. The van der Waals surface area contributed by atoms with Crippen molar-refractivity contribution in [3.63, 3.8) is 0 Å². The van der Waals surface area contributed by atoms with Crippen molar-refractivity contribution >= 4 is 0 Å². The predicted molar refractivity (Wildman–Crippen MR) is 61.2 cm³/mol. The number of hydrogen-bond acceptors (Lipinski definition) is 4. The van der Waals surface area contributed by atoms with Gasteiger partial charge in [0.15, 0.2) is 0 Å². The van der Waals surface area contributed by atoms with E-state index in [0.717, 1.165) is 39.4 Å². The fourth-order valence-electron chi connectivity index (χ4n) is 1.75. The summed E-state index contributed by atoms with van der Waals surface area (Å²) in [6.45, 7) is 9.80. The molecule has 0 aliphatic carbocycles. The Morgan fingerprint density at radius 1 is 1.53 bits per heavy atom. The minimum atomic E-state index is 0.333. The summed E-state index contributed by atoms with van der Waals surface area (Å²) in [5, 5.41) is 3.15. The Morgan fingerprint density at radius 3 is 3.00 bits per heavy atom. The lowest BCUT2D eigenvalue weighted by Gasteiger charge is -2.32. The monoisotopic (exact) mass is 216 g/mol. The van der Waals surface area contributed by atoms with Crippen molar-refractivity contribution in [1.29, 1.82) is 0 Å². The summed E-state index contributed by atoms with van der Waals surface area (Å²) in [5.74, 6) is 0. The number of nitrogens with one attached hydrogen (secondary N) is 1. The normalized spacial score (nSPS) is 23.6. The smallest absolute Gasteiger partial charge is 0.0826 e. The molecule has 90 valence electrons. The molecule has 0 aromatic rings. The van der Waals surface area contributed by atoms with Crippen LogP contribution in [0.5, 0.6) is 0 Å². The van der Waals surface area contributed by atoms with Gasteiger partial charge in [0, 0.05) is 26.2 Å². The van der Waals surface area contributed by atoms with E-state index in [1.54, 1.807) is 0 Å². The lowest BCUT2D eigenvalue weighted by atomic mass is 10.2. The van der Waals surface area contributed by atoms with Crippen molar-refractivity contribution in [2.24, 2.45) is 0 Å². The van der Waals surface area contributed by atoms with Crippen LogP contribution in [-0.2, 0) is 9.47 Å². The molecule has 0 amide bonds. The molecule has 0 bridgehead atoms. The number of ether oxygens (including phenoxy) is 2. The molecule has 1 aliphatic heterocycles. The van der Waals surface area contributed by atoms with Crippen molar-refractivity contribution in [2.45, 2.75) is 26.1 Å². The van der Waals surface area contributed by atoms with Crippen LogP contribution in [0, 0.1) is 0 Å². The predicted octanol–water partition coefficient (Wildman–Crippen LogP) is 0.332. The van der Waals surface area contributed by atoms with Crippen LogP contribution in [0.4, 0.5) is 0 Å².